The summed E-state index contributed by atoms with van der Waals surface area (Å²) in [6.07, 6.45) is 0.815. The van der Waals surface area contributed by atoms with Gasteiger partial charge in [-0.25, -0.2) is 0 Å². The molecule has 2 aromatic rings. The molecule has 0 saturated carbocycles. The predicted octanol–water partition coefficient (Wildman–Crippen LogP) is 3.36. The second kappa shape index (κ2) is 5.68. The lowest BCUT2D eigenvalue weighted by atomic mass is 9.96. The number of hydrogen-bond donors (Lipinski definition) is 1. The Morgan fingerprint density at radius 3 is 2.58 bits per heavy atom. The summed E-state index contributed by atoms with van der Waals surface area (Å²) >= 11 is 6.17. The predicted molar refractivity (Wildman–Crippen MR) is 78.4 cm³/mol. The van der Waals surface area contributed by atoms with Gasteiger partial charge in [0.05, 0.1) is 17.4 Å². The van der Waals surface area contributed by atoms with Crippen LogP contribution in [0.4, 0.5) is 0 Å². The van der Waals surface area contributed by atoms with E-state index in [1.165, 1.54) is 0 Å². The minimum Gasteiger partial charge on any atom is -0.320 e. The van der Waals surface area contributed by atoms with Gasteiger partial charge in [-0.2, -0.15) is 10.2 Å². The first-order valence-corrected chi connectivity index (χ1v) is 6.75. The van der Waals surface area contributed by atoms with Crippen molar-refractivity contribution < 1.29 is 0 Å². The number of aromatic nitrogens is 2. The lowest BCUT2D eigenvalue weighted by Gasteiger charge is -2.16. The summed E-state index contributed by atoms with van der Waals surface area (Å²) in [6.45, 7) is 5.95. The third-order valence-electron chi connectivity index (χ3n) is 3.25. The molecule has 3 nitrogen and oxygen atoms in total. The monoisotopic (exact) mass is 275 g/mol. The van der Waals surface area contributed by atoms with Crippen LogP contribution >= 0.6 is 11.6 Å². The Kier molecular flexibility index (Phi) is 4.17. The van der Waals surface area contributed by atoms with Crippen LogP contribution in [0.2, 0.25) is 5.02 Å². The zero-order chi connectivity index (χ0) is 14.0. The molecule has 0 amide bonds. The van der Waals surface area contributed by atoms with Crippen LogP contribution in [0.5, 0.6) is 0 Å². The van der Waals surface area contributed by atoms with E-state index in [1.54, 1.807) is 0 Å². The van der Waals surface area contributed by atoms with Gasteiger partial charge in [-0.15, -0.1) is 0 Å². The lowest BCUT2D eigenvalue weighted by molar-refractivity contribution is 0.789. The van der Waals surface area contributed by atoms with Gasteiger partial charge in [0, 0.05) is 5.02 Å². The maximum atomic E-state index is 6.35. The van der Waals surface area contributed by atoms with E-state index in [0.717, 1.165) is 39.5 Å². The maximum Gasteiger partial charge on any atom is 0.0679 e. The van der Waals surface area contributed by atoms with Gasteiger partial charge in [-0.3, -0.25) is 0 Å². The van der Waals surface area contributed by atoms with Crippen molar-refractivity contribution in [2.75, 3.05) is 0 Å². The average molecular weight is 276 g/mol. The number of aryl methyl sites for hydroxylation is 3. The highest BCUT2D eigenvalue weighted by Gasteiger charge is 2.15. The topological polar surface area (TPSA) is 51.8 Å². The molecular formula is C15H18ClN3. The van der Waals surface area contributed by atoms with Crippen molar-refractivity contribution in [2.24, 2.45) is 5.73 Å². The molecule has 4 heteroatoms. The Morgan fingerprint density at radius 2 is 1.95 bits per heavy atom. The summed E-state index contributed by atoms with van der Waals surface area (Å²) in [5.74, 6) is 0. The van der Waals surface area contributed by atoms with Gasteiger partial charge < -0.3 is 5.73 Å². The van der Waals surface area contributed by atoms with Crippen molar-refractivity contribution in [3.63, 3.8) is 0 Å². The first-order chi connectivity index (χ1) is 9.02. The van der Waals surface area contributed by atoms with Crippen molar-refractivity contribution in [1.29, 1.82) is 0 Å². The van der Waals surface area contributed by atoms with Crippen LogP contribution in [0.15, 0.2) is 24.3 Å². The normalized spacial score (nSPS) is 12.5. The first-order valence-electron chi connectivity index (χ1n) is 6.37. The quantitative estimate of drug-likeness (QED) is 0.934. The Labute approximate surface area is 118 Å². The summed E-state index contributed by atoms with van der Waals surface area (Å²) in [5.41, 5.74) is 11.2. The molecule has 1 heterocycles. The molecule has 1 unspecified atom stereocenters. The molecule has 0 aliphatic carbocycles. The molecule has 0 bridgehead atoms. The van der Waals surface area contributed by atoms with E-state index < -0.39 is 0 Å². The van der Waals surface area contributed by atoms with E-state index in [0.29, 0.717) is 0 Å². The van der Waals surface area contributed by atoms with Crippen LogP contribution < -0.4 is 5.73 Å². The molecule has 0 spiro atoms. The van der Waals surface area contributed by atoms with Gasteiger partial charge in [-0.05, 0) is 49.1 Å². The molecule has 1 aromatic heterocycles. The Bertz CT molecular complexity index is 596. The molecule has 0 aliphatic rings. The van der Waals surface area contributed by atoms with Crippen molar-refractivity contribution in [3.05, 3.63) is 57.4 Å². The average Bonchev–Trinajstić information content (AvgIpc) is 2.41. The van der Waals surface area contributed by atoms with Gasteiger partial charge >= 0.3 is 0 Å². The highest BCUT2D eigenvalue weighted by Crippen LogP contribution is 2.26. The minimum atomic E-state index is -0.220. The Morgan fingerprint density at radius 1 is 1.21 bits per heavy atom. The van der Waals surface area contributed by atoms with Crippen molar-refractivity contribution in [3.8, 4) is 0 Å². The second-order valence-electron chi connectivity index (χ2n) is 4.73. The summed E-state index contributed by atoms with van der Waals surface area (Å²) in [5, 5.41) is 9.05. The van der Waals surface area contributed by atoms with Crippen LogP contribution in [0, 0.1) is 13.8 Å². The van der Waals surface area contributed by atoms with Crippen LogP contribution in [0.1, 0.15) is 41.0 Å². The van der Waals surface area contributed by atoms with Gasteiger partial charge in [0.25, 0.3) is 0 Å². The Balaban J connectivity index is 2.45. The van der Waals surface area contributed by atoms with E-state index in [-0.39, 0.29) is 6.04 Å². The number of halogens is 1. The number of hydrogen-bond acceptors (Lipinski definition) is 3. The fraction of sp³-hybridized carbons (Fsp3) is 0.333. The molecule has 2 rings (SSSR count). The zero-order valence-corrected chi connectivity index (χ0v) is 12.2. The zero-order valence-electron chi connectivity index (χ0n) is 11.4. The minimum absolute atomic E-state index is 0.220. The fourth-order valence-corrected chi connectivity index (χ4v) is 2.25. The van der Waals surface area contributed by atoms with Gasteiger partial charge in [0.2, 0.25) is 0 Å². The standard InChI is InChI=1S/C15H18ClN3/c1-4-14-12(7-10(3)18-19-14)15(17)11-6-5-9(2)13(16)8-11/h5-8,15H,4,17H2,1-3H3. The van der Waals surface area contributed by atoms with Crippen LogP contribution in [0.25, 0.3) is 0 Å². The van der Waals surface area contributed by atoms with E-state index in [2.05, 4.69) is 17.1 Å². The molecule has 0 fully saturated rings. The summed E-state index contributed by atoms with van der Waals surface area (Å²) in [6, 6.07) is 7.72. The lowest BCUT2D eigenvalue weighted by Crippen LogP contribution is -2.16. The van der Waals surface area contributed by atoms with E-state index in [1.807, 2.05) is 38.1 Å². The van der Waals surface area contributed by atoms with Gasteiger partial charge in [0.15, 0.2) is 0 Å². The van der Waals surface area contributed by atoms with E-state index in [9.17, 15) is 0 Å². The van der Waals surface area contributed by atoms with Crippen LogP contribution in [-0.4, -0.2) is 10.2 Å². The number of nitrogens with two attached hydrogens (primary N) is 1. The fourth-order valence-electron chi connectivity index (χ4n) is 2.06. The number of nitrogens with zero attached hydrogens (tertiary/aromatic N) is 2. The largest absolute Gasteiger partial charge is 0.320 e. The Hall–Kier alpha value is -1.45. The molecule has 0 aliphatic heterocycles. The number of benzene rings is 1. The van der Waals surface area contributed by atoms with Gasteiger partial charge in [-0.1, -0.05) is 30.7 Å². The van der Waals surface area contributed by atoms with Crippen molar-refractivity contribution in [2.45, 2.75) is 33.2 Å². The van der Waals surface area contributed by atoms with E-state index in [4.69, 9.17) is 17.3 Å². The molecule has 1 atom stereocenters. The third-order valence-corrected chi connectivity index (χ3v) is 3.66. The molecule has 100 valence electrons. The third kappa shape index (κ3) is 2.94. The van der Waals surface area contributed by atoms with Crippen molar-refractivity contribution >= 4 is 11.6 Å². The molecule has 0 saturated heterocycles. The summed E-state index contributed by atoms with van der Waals surface area (Å²) < 4.78 is 0. The molecular weight excluding hydrogens is 258 g/mol. The summed E-state index contributed by atoms with van der Waals surface area (Å²) in [7, 11) is 0. The molecule has 19 heavy (non-hydrogen) atoms. The SMILES string of the molecule is CCc1nnc(C)cc1C(N)c1ccc(C)c(Cl)c1. The highest BCUT2D eigenvalue weighted by molar-refractivity contribution is 6.31. The molecule has 0 radical (unpaired) electrons. The van der Waals surface area contributed by atoms with Crippen LogP contribution in [0.3, 0.4) is 0 Å². The smallest absolute Gasteiger partial charge is 0.0679 e. The maximum absolute atomic E-state index is 6.35. The summed E-state index contributed by atoms with van der Waals surface area (Å²) in [4.78, 5) is 0. The number of rotatable bonds is 3. The molecule has 2 N–H and O–H groups in total. The van der Waals surface area contributed by atoms with Crippen molar-refractivity contribution in [1.82, 2.24) is 10.2 Å². The second-order valence-corrected chi connectivity index (χ2v) is 5.13. The first kappa shape index (κ1) is 14.0. The van der Waals surface area contributed by atoms with Crippen LogP contribution in [-0.2, 0) is 6.42 Å². The molecule has 1 aromatic carbocycles. The highest BCUT2D eigenvalue weighted by atomic mass is 35.5. The van der Waals surface area contributed by atoms with Gasteiger partial charge in [0.1, 0.15) is 0 Å². The van der Waals surface area contributed by atoms with E-state index >= 15 is 0 Å².